The highest BCUT2D eigenvalue weighted by atomic mass is 32.1. The predicted octanol–water partition coefficient (Wildman–Crippen LogP) is 1.89. The van der Waals surface area contributed by atoms with Gasteiger partial charge in [-0.25, -0.2) is 10.4 Å². The molecule has 0 unspecified atom stereocenters. The van der Waals surface area contributed by atoms with E-state index in [0.29, 0.717) is 21.8 Å². The Hall–Kier alpha value is -2.74. The van der Waals surface area contributed by atoms with Crippen molar-refractivity contribution >= 4 is 33.7 Å². The van der Waals surface area contributed by atoms with Crippen molar-refractivity contribution in [3.63, 3.8) is 0 Å². The third-order valence-corrected chi connectivity index (χ3v) is 4.44. The second-order valence-corrected chi connectivity index (χ2v) is 6.16. The highest BCUT2D eigenvalue weighted by Gasteiger charge is 2.13. The van der Waals surface area contributed by atoms with Crippen molar-refractivity contribution in [3.05, 3.63) is 50.8 Å². The van der Waals surface area contributed by atoms with Crippen LogP contribution in [0.25, 0.3) is 10.2 Å². The summed E-state index contributed by atoms with van der Waals surface area (Å²) < 4.78 is 5.05. The van der Waals surface area contributed by atoms with Gasteiger partial charge in [0.05, 0.1) is 24.3 Å². The lowest BCUT2D eigenvalue weighted by Gasteiger charge is -2.00. The Kier molecular flexibility index (Phi) is 4.07. The molecule has 0 fully saturated rings. The first-order valence-electron chi connectivity index (χ1n) is 6.89. The van der Waals surface area contributed by atoms with Crippen LogP contribution in [0.4, 0.5) is 0 Å². The van der Waals surface area contributed by atoms with Gasteiger partial charge in [-0.15, -0.1) is 11.3 Å². The van der Waals surface area contributed by atoms with Gasteiger partial charge in [0.1, 0.15) is 16.4 Å². The molecular weight excluding hydrogens is 316 g/mol. The number of thiophene rings is 1. The number of aryl methyl sites for hydroxylation is 2. The number of nitrogens with one attached hydrogen (secondary N) is 2. The van der Waals surface area contributed by atoms with Crippen LogP contribution in [0.1, 0.15) is 22.0 Å². The minimum Gasteiger partial charge on any atom is -0.463 e. The average molecular weight is 330 g/mol. The molecule has 1 amide bonds. The van der Waals surface area contributed by atoms with E-state index in [0.717, 1.165) is 10.4 Å². The fourth-order valence-corrected chi connectivity index (χ4v) is 3.16. The molecule has 0 aliphatic heterocycles. The number of hydrogen-bond acceptors (Lipinski definition) is 6. The molecule has 2 N–H and O–H groups in total. The topological polar surface area (TPSA) is 100 Å². The molecule has 8 heteroatoms. The zero-order chi connectivity index (χ0) is 16.4. The average Bonchev–Trinajstić information content (AvgIpc) is 3.08. The number of aromatic nitrogens is 2. The maximum absolute atomic E-state index is 12.1. The van der Waals surface area contributed by atoms with Crippen LogP contribution in [-0.2, 0) is 11.2 Å². The smallest absolute Gasteiger partial charge is 0.259 e. The zero-order valence-electron chi connectivity index (χ0n) is 12.5. The third kappa shape index (κ3) is 3.21. The van der Waals surface area contributed by atoms with Gasteiger partial charge in [-0.2, -0.15) is 5.10 Å². The molecule has 0 saturated carbocycles. The number of hydrazone groups is 1. The van der Waals surface area contributed by atoms with Crippen LogP contribution in [-0.4, -0.2) is 22.1 Å². The second kappa shape index (κ2) is 6.17. The Morgan fingerprint density at radius 3 is 3.09 bits per heavy atom. The number of nitrogens with zero attached hydrogens (tertiary/aromatic N) is 2. The molecule has 3 aromatic rings. The zero-order valence-corrected chi connectivity index (χ0v) is 13.4. The standard InChI is InChI=1S/C15H14N4O3S/c1-8-9(2)23-15-13(8)14(21)17-11(18-15)6-12(20)19-16-7-10-4-3-5-22-10/h3-5,7H,6H2,1-2H3,(H,19,20)(H,17,18,21)/b16-7+. The first-order valence-corrected chi connectivity index (χ1v) is 7.70. The molecule has 0 aliphatic rings. The van der Waals surface area contributed by atoms with Gasteiger partial charge in [0.15, 0.2) is 0 Å². The molecule has 3 aromatic heterocycles. The first-order chi connectivity index (χ1) is 11.0. The minimum atomic E-state index is -0.375. The Balaban J connectivity index is 1.73. The Bertz CT molecular complexity index is 938. The summed E-state index contributed by atoms with van der Waals surface area (Å²) in [5.74, 6) is 0.470. The Labute approximate surface area is 135 Å². The molecule has 3 rings (SSSR count). The lowest BCUT2D eigenvalue weighted by molar-refractivity contribution is -0.120. The summed E-state index contributed by atoms with van der Waals surface area (Å²) in [5, 5.41) is 4.37. The summed E-state index contributed by atoms with van der Waals surface area (Å²) in [6.07, 6.45) is 2.85. The van der Waals surface area contributed by atoms with Crippen LogP contribution in [0.2, 0.25) is 0 Å². The van der Waals surface area contributed by atoms with Gasteiger partial charge in [0.2, 0.25) is 5.91 Å². The number of hydrogen-bond donors (Lipinski definition) is 2. The highest BCUT2D eigenvalue weighted by Crippen LogP contribution is 2.25. The molecule has 7 nitrogen and oxygen atoms in total. The third-order valence-electron chi connectivity index (χ3n) is 3.34. The van der Waals surface area contributed by atoms with Crippen LogP contribution in [0, 0.1) is 13.8 Å². The van der Waals surface area contributed by atoms with Crippen molar-refractivity contribution in [2.45, 2.75) is 20.3 Å². The van der Waals surface area contributed by atoms with Gasteiger partial charge in [-0.05, 0) is 31.5 Å². The minimum absolute atomic E-state index is 0.0589. The summed E-state index contributed by atoms with van der Waals surface area (Å²) in [7, 11) is 0. The number of aromatic amines is 1. The summed E-state index contributed by atoms with van der Waals surface area (Å²) in [5.41, 5.74) is 3.07. The molecule has 3 heterocycles. The summed E-state index contributed by atoms with van der Waals surface area (Å²) in [6, 6.07) is 3.43. The molecule has 23 heavy (non-hydrogen) atoms. The van der Waals surface area contributed by atoms with Crippen molar-refractivity contribution in [1.29, 1.82) is 0 Å². The van der Waals surface area contributed by atoms with Crippen molar-refractivity contribution in [2.75, 3.05) is 0 Å². The molecular formula is C15H14N4O3S. The first kappa shape index (κ1) is 15.2. The number of H-pyrrole nitrogens is 1. The normalized spacial score (nSPS) is 11.4. The number of carbonyl (C=O) groups excluding carboxylic acids is 1. The van der Waals surface area contributed by atoms with Gasteiger partial charge in [-0.1, -0.05) is 0 Å². The highest BCUT2D eigenvalue weighted by molar-refractivity contribution is 7.18. The van der Waals surface area contributed by atoms with E-state index >= 15 is 0 Å². The largest absolute Gasteiger partial charge is 0.463 e. The lowest BCUT2D eigenvalue weighted by atomic mass is 10.2. The van der Waals surface area contributed by atoms with E-state index in [1.807, 2.05) is 13.8 Å². The molecule has 0 radical (unpaired) electrons. The number of furan rings is 1. The monoisotopic (exact) mass is 330 g/mol. The fourth-order valence-electron chi connectivity index (χ4n) is 2.11. The lowest BCUT2D eigenvalue weighted by Crippen LogP contribution is -2.23. The number of carbonyl (C=O) groups is 1. The van der Waals surface area contributed by atoms with Crippen LogP contribution in [0.15, 0.2) is 32.7 Å². The van der Waals surface area contributed by atoms with E-state index in [1.54, 1.807) is 12.1 Å². The van der Waals surface area contributed by atoms with Crippen LogP contribution >= 0.6 is 11.3 Å². The SMILES string of the molecule is Cc1sc2nc(CC(=O)N/N=C/c3ccco3)[nH]c(=O)c2c1C. The Morgan fingerprint density at radius 2 is 2.35 bits per heavy atom. The number of rotatable bonds is 4. The second-order valence-electron chi connectivity index (χ2n) is 4.96. The quantitative estimate of drug-likeness (QED) is 0.563. The van der Waals surface area contributed by atoms with Crippen molar-refractivity contribution in [2.24, 2.45) is 5.10 Å². The number of fused-ring (bicyclic) bond motifs is 1. The molecule has 0 spiro atoms. The predicted molar refractivity (Wildman–Crippen MR) is 87.9 cm³/mol. The summed E-state index contributed by atoms with van der Waals surface area (Å²) in [4.78, 5) is 32.7. The van der Waals surface area contributed by atoms with E-state index in [9.17, 15) is 9.59 Å². The van der Waals surface area contributed by atoms with Crippen LogP contribution < -0.4 is 11.0 Å². The van der Waals surface area contributed by atoms with Gasteiger partial charge in [-0.3, -0.25) is 9.59 Å². The van der Waals surface area contributed by atoms with Crippen molar-refractivity contribution < 1.29 is 9.21 Å². The molecule has 0 atom stereocenters. The molecule has 118 valence electrons. The summed E-state index contributed by atoms with van der Waals surface area (Å²) >= 11 is 1.45. The molecule has 0 aromatic carbocycles. The van der Waals surface area contributed by atoms with E-state index in [4.69, 9.17) is 4.42 Å². The van der Waals surface area contributed by atoms with Crippen molar-refractivity contribution in [3.8, 4) is 0 Å². The van der Waals surface area contributed by atoms with E-state index in [1.165, 1.54) is 23.8 Å². The van der Waals surface area contributed by atoms with Crippen molar-refractivity contribution in [1.82, 2.24) is 15.4 Å². The van der Waals surface area contributed by atoms with Gasteiger partial charge in [0.25, 0.3) is 5.56 Å². The van der Waals surface area contributed by atoms with Crippen LogP contribution in [0.5, 0.6) is 0 Å². The molecule has 0 aliphatic carbocycles. The van der Waals surface area contributed by atoms with Gasteiger partial charge in [0, 0.05) is 4.88 Å². The van der Waals surface area contributed by atoms with E-state index < -0.39 is 0 Å². The fraction of sp³-hybridized carbons (Fsp3) is 0.200. The molecule has 0 saturated heterocycles. The maximum atomic E-state index is 12.1. The van der Waals surface area contributed by atoms with E-state index in [2.05, 4.69) is 20.5 Å². The Morgan fingerprint density at radius 1 is 1.52 bits per heavy atom. The van der Waals surface area contributed by atoms with Gasteiger partial charge < -0.3 is 9.40 Å². The van der Waals surface area contributed by atoms with Gasteiger partial charge >= 0.3 is 0 Å². The summed E-state index contributed by atoms with van der Waals surface area (Å²) in [6.45, 7) is 3.83. The maximum Gasteiger partial charge on any atom is 0.259 e. The molecule has 0 bridgehead atoms. The van der Waals surface area contributed by atoms with Crippen LogP contribution in [0.3, 0.4) is 0 Å². The van der Waals surface area contributed by atoms with E-state index in [-0.39, 0.29) is 17.9 Å². The number of amides is 1.